The summed E-state index contributed by atoms with van der Waals surface area (Å²) in [5, 5.41) is 0. The summed E-state index contributed by atoms with van der Waals surface area (Å²) in [7, 11) is 68.0. The van der Waals surface area contributed by atoms with Crippen molar-refractivity contribution in [3.05, 3.63) is 0 Å². The number of rotatable bonds is 0. The summed E-state index contributed by atoms with van der Waals surface area (Å²) < 4.78 is 8.00. The van der Waals surface area contributed by atoms with Gasteiger partial charge in [-0.15, -0.1) is 0 Å². The van der Waals surface area contributed by atoms with Crippen LogP contribution in [0.4, 0.5) is 0 Å². The molecular formula is C32H136N8Nb10O52Rh2. The van der Waals surface area contributed by atoms with E-state index in [1.807, 2.05) is 0 Å². The number of nitrogens with zero attached hydrogens (tertiary/aromatic N) is 8. The van der Waals surface area contributed by atoms with Crippen LogP contribution in [0.15, 0.2) is 0 Å². The molecule has 0 aromatic heterocycles. The monoisotopic (exact) mass is 2600 g/mol. The molecule has 0 aromatic rings. The third kappa shape index (κ3) is 31900. The van der Waals surface area contributed by atoms with Crippen LogP contribution in [0.5, 0.6) is 0 Å². The van der Waals surface area contributed by atoms with Gasteiger partial charge in [0.05, 0.1) is 226 Å². The molecule has 72 heteroatoms. The maximum absolute atomic E-state index is 2.12. The Balaban J connectivity index is -0.00000000148. The van der Waals surface area contributed by atoms with E-state index < -0.39 is 0 Å². The molecule has 0 aliphatic heterocycles. The molecule has 0 fully saturated rings. The van der Waals surface area contributed by atoms with Crippen LogP contribution in [0.25, 0.3) is 0 Å². The SMILES string of the molecule is C[N+](C)(C)C.C[N+](C)(C)C.C[N+](C)(C)C.C[N+](C)(C)C.C[N+](C)(C)C.C[N+](C)(C)C.C[N+](C)(C)C.C[N+](C)(C)C.O.O.O.O.O.O.O.O.O.O.O.O.O.O.O.O.O.O.[Nb+5].[Nb+5].[Nb+5].[Nb+5].[Nb+5].[Nb+5].[Nb+5].[Nb+5].[Nb+5].[Nb+5].[O-2].[O-2].[O-2].[O-2].[O-2].[O-2].[O-2].[O-2].[O-2].[O-2].[O-2].[O-2].[O-2].[O-2].[O-2].[O-2].[O-2].[O-2].[O-2].[O-2].[O-2].[O-2].[O-2].[O-2].[O-2].[O-2].[O-2].[O-2].[O-2].[O-2].[OH-].[OH-].[OH-].[OH-].[Rh+3].[Rh+3]. The van der Waals surface area contributed by atoms with E-state index in [0.29, 0.717) is 0 Å². The smallest absolute Gasteiger partial charge is 2.00 e. The first-order valence-electron chi connectivity index (χ1n) is 14.3. The van der Waals surface area contributed by atoms with E-state index >= 15 is 0 Å². The predicted molar refractivity (Wildman–Crippen MR) is 285 cm³/mol. The number of hydrogen-bond donors (Lipinski definition) is 0. The van der Waals surface area contributed by atoms with Gasteiger partial charge in [0, 0.05) is 0 Å². The second-order valence-corrected chi connectivity index (χ2v) is 21.5. The summed E-state index contributed by atoms with van der Waals surface area (Å²) >= 11 is 0. The van der Waals surface area contributed by atoms with Crippen molar-refractivity contribution in [3.63, 3.8) is 0 Å². The summed E-state index contributed by atoms with van der Waals surface area (Å²) in [4.78, 5) is 0. The predicted octanol–water partition coefficient (Wildman–Crippen LogP) is -16.6. The molecule has 0 aromatic carbocycles. The second kappa shape index (κ2) is 435. The van der Waals surface area contributed by atoms with Crippen molar-refractivity contribution in [2.75, 3.05) is 226 Å². The van der Waals surface area contributed by atoms with Crippen molar-refractivity contribution in [2.45, 2.75) is 0 Å². The Hall–Kier alpha value is 6.25. The third-order valence-corrected chi connectivity index (χ3v) is 0. The molecule has 0 amide bonds. The van der Waals surface area contributed by atoms with E-state index in [1.54, 1.807) is 0 Å². The van der Waals surface area contributed by atoms with Crippen LogP contribution in [-0.4, -0.2) is 382 Å². The first-order chi connectivity index (χ1) is 16.0. The molecule has 0 heterocycles. The maximum Gasteiger partial charge on any atom is 5.00 e. The first-order valence-corrected chi connectivity index (χ1v) is 14.3. The van der Waals surface area contributed by atoms with Gasteiger partial charge in [-0.25, -0.2) is 0 Å². The zero-order valence-electron chi connectivity index (χ0n) is 63.8. The molecule has 684 valence electrons. The van der Waals surface area contributed by atoms with Gasteiger partial charge < -0.3 is 321 Å². The minimum Gasteiger partial charge on any atom is -2.00 e. The Morgan fingerprint density at radius 3 is 0.0865 bits per heavy atom. The largest absolute Gasteiger partial charge is 5.00 e. The molecule has 0 aliphatic carbocycles. The van der Waals surface area contributed by atoms with Gasteiger partial charge in [0.2, 0.25) is 0 Å². The van der Waals surface area contributed by atoms with Crippen LogP contribution in [0.2, 0.25) is 0 Å². The normalized spacial score (nSPS) is 4.62. The average molecular weight is 2600 g/mol. The molecule has 0 aliphatic rings. The molecule has 0 unspecified atom stereocenters. The zero-order valence-corrected chi connectivity index (χ0v) is 89.0. The topological polar surface area (TPSA) is 1540 Å². The maximum atomic E-state index is 2.12. The van der Waals surface area contributed by atoms with Gasteiger partial charge in [-0.1, -0.05) is 0 Å². The molecule has 0 rings (SSSR count). The van der Waals surface area contributed by atoms with Gasteiger partial charge in [-0.2, -0.15) is 0 Å². The second-order valence-electron chi connectivity index (χ2n) is 21.5. The van der Waals surface area contributed by atoms with Gasteiger partial charge in [0.25, 0.3) is 0 Å². The minimum atomic E-state index is 0. The van der Waals surface area contributed by atoms with Crippen molar-refractivity contribution < 1.29 is 583 Å². The van der Waals surface area contributed by atoms with Gasteiger partial charge >= 0.3 is 263 Å². The zero-order chi connectivity index (χ0) is 36.0. The van der Waals surface area contributed by atoms with Crippen molar-refractivity contribution >= 4 is 0 Å². The fraction of sp³-hybridized carbons (Fsp3) is 1.00. The molecule has 60 nitrogen and oxygen atoms in total. The molecule has 0 bridgehead atoms. The molecule has 40 N–H and O–H groups in total. The van der Waals surface area contributed by atoms with E-state index in [2.05, 4.69) is 226 Å². The first kappa shape index (κ1) is 899. The van der Waals surface area contributed by atoms with Crippen LogP contribution in [0.1, 0.15) is 0 Å². The summed E-state index contributed by atoms with van der Waals surface area (Å²) in [6, 6.07) is 0. The van der Waals surface area contributed by atoms with Crippen LogP contribution in [0.3, 0.4) is 0 Å². The van der Waals surface area contributed by atoms with Gasteiger partial charge in [0.15, 0.2) is 0 Å². The van der Waals surface area contributed by atoms with Crippen LogP contribution in [0, 0.1) is 0 Å². The van der Waals surface area contributed by atoms with Gasteiger partial charge in [0.1, 0.15) is 0 Å². The summed E-state index contributed by atoms with van der Waals surface area (Å²) in [5.74, 6) is 0. The molecule has 0 radical (unpaired) electrons. The van der Waals surface area contributed by atoms with E-state index in [4.69, 9.17) is 0 Å². The summed E-state index contributed by atoms with van der Waals surface area (Å²) in [6.45, 7) is 0. The van der Waals surface area contributed by atoms with Crippen LogP contribution < -0.4 is 0 Å². The molecule has 0 atom stereocenters. The number of hydrogen-bond acceptors (Lipinski definition) is 4. The Bertz CT molecular complexity index is 449. The minimum absolute atomic E-state index is 0. The Morgan fingerprint density at radius 1 is 0.0865 bits per heavy atom. The third-order valence-electron chi connectivity index (χ3n) is 0. The number of quaternary nitrogens is 8. The molecule has 104 heavy (non-hydrogen) atoms. The van der Waals surface area contributed by atoms with E-state index in [0.717, 1.165) is 35.9 Å². The average Bonchev–Trinajstić information content (AvgIpc) is 2.16. The van der Waals surface area contributed by atoms with Crippen LogP contribution in [-0.2, 0) is 427 Å². The Kier molecular flexibility index (Phi) is 3760. The van der Waals surface area contributed by atoms with Crippen molar-refractivity contribution in [2.24, 2.45) is 0 Å². The van der Waals surface area contributed by atoms with Crippen LogP contribution >= 0.6 is 0 Å². The quantitative estimate of drug-likeness (QED) is 0.168. The Morgan fingerprint density at radius 2 is 0.0865 bits per heavy atom. The summed E-state index contributed by atoms with van der Waals surface area (Å²) in [6.07, 6.45) is 0. The van der Waals surface area contributed by atoms with Gasteiger partial charge in [-0.05, 0) is 0 Å². The van der Waals surface area contributed by atoms with E-state index in [9.17, 15) is 0 Å². The molecular weight excluding hydrogens is 2460 g/mol. The summed E-state index contributed by atoms with van der Waals surface area (Å²) in [5.41, 5.74) is 0. The van der Waals surface area contributed by atoms with E-state index in [1.165, 1.54) is 0 Å². The fourth-order valence-electron chi connectivity index (χ4n) is 0. The van der Waals surface area contributed by atoms with Crippen molar-refractivity contribution in [1.82, 2.24) is 0 Å². The standard InChI is InChI=1S/8C4H12N.10Nb.22H2O.30O.2Rh/c8*1-5(2,3)4;;;;;;;;;;;;;;;;;;;;;;;;;;;;;;;;;;;;;;;;;;;;;;;;;;;;;;;;;;;;;;;;/h8*1-4H3;;;;;;;;;;;22*1H2;;;;;;;;;;;;;;;;;;;;;;;;;;;;;;;;/q8*+1;10*+5;;;;;;;;;;;;;;;;;;;;;;;30*-2;2*+3/p-4. The Labute approximate surface area is 800 Å². The van der Waals surface area contributed by atoms with Crippen molar-refractivity contribution in [1.29, 1.82) is 0 Å². The fourth-order valence-corrected chi connectivity index (χ4v) is 0. The van der Waals surface area contributed by atoms with E-state index in [-0.39, 0.29) is 548 Å². The molecule has 0 saturated heterocycles. The molecule has 0 spiro atoms. The van der Waals surface area contributed by atoms with Crippen molar-refractivity contribution in [3.8, 4) is 0 Å². The van der Waals surface area contributed by atoms with Gasteiger partial charge in [-0.3, -0.25) is 0 Å². The molecule has 0 saturated carbocycles.